The first kappa shape index (κ1) is 24.3. The maximum atomic E-state index is 12.5. The number of nitrogens with zero attached hydrogens (tertiary/aromatic N) is 1. The number of hydrogen-bond donors (Lipinski definition) is 3. The maximum absolute atomic E-state index is 12.5. The average Bonchev–Trinajstić information content (AvgIpc) is 3.31. The molecule has 2 aromatic heterocycles. The Hall–Kier alpha value is -3.38. The molecule has 0 aliphatic carbocycles. The summed E-state index contributed by atoms with van der Waals surface area (Å²) >= 11 is 0. The number of carbonyl (C=O) groups is 1. The summed E-state index contributed by atoms with van der Waals surface area (Å²) in [6.45, 7) is 0.696. The molecular weight excluding hydrogens is 461 g/mol. The summed E-state index contributed by atoms with van der Waals surface area (Å²) in [6, 6.07) is 10.9. The lowest BCUT2D eigenvalue weighted by molar-refractivity contribution is -0.137. The van der Waals surface area contributed by atoms with E-state index in [0.717, 1.165) is 12.3 Å². The van der Waals surface area contributed by atoms with Gasteiger partial charge in [-0.1, -0.05) is 0 Å². The van der Waals surface area contributed by atoms with Gasteiger partial charge in [-0.3, -0.25) is 4.79 Å². The molecule has 3 rings (SSSR count). The van der Waals surface area contributed by atoms with Crippen molar-refractivity contribution in [2.45, 2.75) is 24.0 Å². The molecule has 12 heteroatoms. The summed E-state index contributed by atoms with van der Waals surface area (Å²) in [5.41, 5.74) is -0.537. The number of hydrogen-bond acceptors (Lipinski definition) is 6. The fourth-order valence-electron chi connectivity index (χ4n) is 2.72. The zero-order valence-electron chi connectivity index (χ0n) is 17.2. The quantitative estimate of drug-likeness (QED) is 0.382. The molecule has 3 N–H and O–H groups in total. The van der Waals surface area contributed by atoms with Crippen LogP contribution in [-0.4, -0.2) is 32.4 Å². The van der Waals surface area contributed by atoms with E-state index in [1.165, 1.54) is 36.6 Å². The molecule has 1 aromatic carbocycles. The standard InChI is InChI=1S/C21H21F3N4O4S/c22-21(23,24)16-6-9-19(27-13-16)25-10-2-11-26-20(29)15-4-7-18(8-5-15)33(30,31)28-14-17-3-1-12-32-17/h1,3-9,12-13,28H,2,10-11,14H2,(H,25,27)(H,26,29). The molecule has 0 saturated carbocycles. The summed E-state index contributed by atoms with van der Waals surface area (Å²) < 4.78 is 69.7. The van der Waals surface area contributed by atoms with Crippen LogP contribution in [0.15, 0.2) is 70.3 Å². The second-order valence-electron chi connectivity index (χ2n) is 6.89. The fourth-order valence-corrected chi connectivity index (χ4v) is 3.72. The Balaban J connectivity index is 1.41. The van der Waals surface area contributed by atoms with E-state index < -0.39 is 21.8 Å². The molecule has 3 aromatic rings. The summed E-state index contributed by atoms with van der Waals surface area (Å²) in [6.07, 6.45) is -1.74. The Morgan fingerprint density at radius 1 is 1.03 bits per heavy atom. The van der Waals surface area contributed by atoms with Gasteiger partial charge in [0.05, 0.1) is 23.3 Å². The van der Waals surface area contributed by atoms with Crippen LogP contribution < -0.4 is 15.4 Å². The predicted molar refractivity (Wildman–Crippen MR) is 114 cm³/mol. The Morgan fingerprint density at radius 3 is 2.39 bits per heavy atom. The number of nitrogens with one attached hydrogen (secondary N) is 3. The Bertz CT molecular complexity index is 1150. The van der Waals surface area contributed by atoms with E-state index in [-0.39, 0.29) is 22.9 Å². The minimum Gasteiger partial charge on any atom is -0.468 e. The lowest BCUT2D eigenvalue weighted by Crippen LogP contribution is -2.26. The molecule has 33 heavy (non-hydrogen) atoms. The molecule has 0 aliphatic heterocycles. The van der Waals surface area contributed by atoms with E-state index >= 15 is 0 Å². The smallest absolute Gasteiger partial charge is 0.417 e. The summed E-state index contributed by atoms with van der Waals surface area (Å²) in [5.74, 6) is 0.389. The number of amides is 1. The first-order chi connectivity index (χ1) is 15.6. The highest BCUT2D eigenvalue weighted by Crippen LogP contribution is 2.28. The molecule has 2 heterocycles. The van der Waals surface area contributed by atoms with E-state index in [0.29, 0.717) is 31.1 Å². The zero-order chi connectivity index (χ0) is 23.9. The monoisotopic (exact) mass is 482 g/mol. The number of anilines is 1. The fraction of sp³-hybridized carbons (Fsp3) is 0.238. The summed E-state index contributed by atoms with van der Waals surface area (Å²) in [4.78, 5) is 15.9. The molecule has 0 unspecified atom stereocenters. The Kier molecular flexibility index (Phi) is 7.71. The van der Waals surface area contributed by atoms with Gasteiger partial charge in [0.25, 0.3) is 5.91 Å². The van der Waals surface area contributed by atoms with Gasteiger partial charge in [-0.15, -0.1) is 0 Å². The molecule has 1 amide bonds. The molecule has 8 nitrogen and oxygen atoms in total. The third-order valence-electron chi connectivity index (χ3n) is 4.48. The number of halogens is 3. The van der Waals surface area contributed by atoms with E-state index in [1.54, 1.807) is 12.1 Å². The first-order valence-corrected chi connectivity index (χ1v) is 11.3. The zero-order valence-corrected chi connectivity index (χ0v) is 18.0. The van der Waals surface area contributed by atoms with Crippen molar-refractivity contribution < 1.29 is 30.8 Å². The van der Waals surface area contributed by atoms with Gasteiger partial charge in [-0.05, 0) is 55.0 Å². The lowest BCUT2D eigenvalue weighted by atomic mass is 10.2. The van der Waals surface area contributed by atoms with E-state index in [1.807, 2.05) is 0 Å². The van der Waals surface area contributed by atoms with Crippen molar-refractivity contribution >= 4 is 21.7 Å². The number of pyridine rings is 1. The average molecular weight is 482 g/mol. The van der Waals surface area contributed by atoms with Crippen molar-refractivity contribution in [3.05, 3.63) is 77.9 Å². The molecular formula is C21H21F3N4O4S. The van der Waals surface area contributed by atoms with Crippen LogP contribution in [0.1, 0.15) is 28.1 Å². The van der Waals surface area contributed by atoms with Crippen LogP contribution in [-0.2, 0) is 22.7 Å². The van der Waals surface area contributed by atoms with Crippen LogP contribution in [0, 0.1) is 0 Å². The Morgan fingerprint density at radius 2 is 1.79 bits per heavy atom. The minimum atomic E-state index is -4.44. The highest BCUT2D eigenvalue weighted by atomic mass is 32.2. The van der Waals surface area contributed by atoms with Gasteiger partial charge in [0.1, 0.15) is 11.6 Å². The second kappa shape index (κ2) is 10.5. The van der Waals surface area contributed by atoms with E-state index in [2.05, 4.69) is 20.3 Å². The van der Waals surface area contributed by atoms with Crippen LogP contribution in [0.2, 0.25) is 0 Å². The van der Waals surface area contributed by atoms with Crippen LogP contribution >= 0.6 is 0 Å². The largest absolute Gasteiger partial charge is 0.468 e. The SMILES string of the molecule is O=C(NCCCNc1ccc(C(F)(F)F)cn1)c1ccc(S(=O)(=O)NCc2ccco2)cc1. The number of alkyl halides is 3. The van der Waals surface area contributed by atoms with E-state index in [4.69, 9.17) is 4.42 Å². The third-order valence-corrected chi connectivity index (χ3v) is 5.90. The number of rotatable bonds is 10. The van der Waals surface area contributed by atoms with Gasteiger partial charge < -0.3 is 15.1 Å². The highest BCUT2D eigenvalue weighted by molar-refractivity contribution is 7.89. The molecule has 176 valence electrons. The molecule has 0 bridgehead atoms. The van der Waals surface area contributed by atoms with Crippen molar-refractivity contribution in [1.29, 1.82) is 0 Å². The summed E-state index contributed by atoms with van der Waals surface area (Å²) in [5, 5.41) is 5.56. The maximum Gasteiger partial charge on any atom is 0.417 e. The van der Waals surface area contributed by atoms with Gasteiger partial charge in [-0.25, -0.2) is 18.1 Å². The highest BCUT2D eigenvalue weighted by Gasteiger charge is 2.30. The first-order valence-electron chi connectivity index (χ1n) is 9.82. The van der Waals surface area contributed by atoms with Gasteiger partial charge in [-0.2, -0.15) is 13.2 Å². The van der Waals surface area contributed by atoms with Crippen LogP contribution in [0.5, 0.6) is 0 Å². The molecule has 0 spiro atoms. The van der Waals surface area contributed by atoms with E-state index in [9.17, 15) is 26.4 Å². The van der Waals surface area contributed by atoms with Gasteiger partial charge in [0.2, 0.25) is 10.0 Å². The van der Waals surface area contributed by atoms with Crippen molar-refractivity contribution in [3.8, 4) is 0 Å². The van der Waals surface area contributed by atoms with Crippen LogP contribution in [0.4, 0.5) is 19.0 Å². The molecule has 0 aliphatic rings. The van der Waals surface area contributed by atoms with Gasteiger partial charge >= 0.3 is 6.18 Å². The number of aromatic nitrogens is 1. The predicted octanol–water partition coefficient (Wildman–Crippen LogP) is 3.40. The number of carbonyl (C=O) groups excluding carboxylic acids is 1. The number of benzene rings is 1. The second-order valence-corrected chi connectivity index (χ2v) is 8.66. The van der Waals surface area contributed by atoms with Crippen molar-refractivity contribution in [3.63, 3.8) is 0 Å². The van der Waals surface area contributed by atoms with Gasteiger partial charge in [0, 0.05) is 24.8 Å². The third kappa shape index (κ3) is 7.05. The van der Waals surface area contributed by atoms with Crippen LogP contribution in [0.3, 0.4) is 0 Å². The topological polar surface area (TPSA) is 113 Å². The number of sulfonamides is 1. The normalized spacial score (nSPS) is 11.8. The van der Waals surface area contributed by atoms with Crippen LogP contribution in [0.25, 0.3) is 0 Å². The Labute approximate surface area is 188 Å². The molecule has 0 fully saturated rings. The minimum absolute atomic E-state index is 0.00754. The molecule has 0 radical (unpaired) electrons. The van der Waals surface area contributed by atoms with Crippen molar-refractivity contribution in [2.24, 2.45) is 0 Å². The summed E-state index contributed by atoms with van der Waals surface area (Å²) in [7, 11) is -3.76. The van der Waals surface area contributed by atoms with Crippen molar-refractivity contribution in [2.75, 3.05) is 18.4 Å². The van der Waals surface area contributed by atoms with Crippen molar-refractivity contribution in [1.82, 2.24) is 15.0 Å². The van der Waals surface area contributed by atoms with Gasteiger partial charge in [0.15, 0.2) is 0 Å². The molecule has 0 atom stereocenters. The number of furan rings is 1. The molecule has 0 saturated heterocycles. The lowest BCUT2D eigenvalue weighted by Gasteiger charge is -2.09.